The molecule has 2 N–H and O–H groups in total. The number of hydrogen-bond donors (Lipinski definition) is 2. The zero-order valence-corrected chi connectivity index (χ0v) is 5.09. The van der Waals surface area contributed by atoms with E-state index in [-0.39, 0.29) is 0 Å². The molecule has 1 saturated heterocycles. The van der Waals surface area contributed by atoms with Crippen molar-refractivity contribution < 1.29 is 0 Å². The molecule has 1 fully saturated rings. The van der Waals surface area contributed by atoms with Crippen molar-refractivity contribution in [2.24, 2.45) is 0 Å². The lowest BCUT2D eigenvalue weighted by molar-refractivity contribution is 0.439. The lowest BCUT2D eigenvalue weighted by atomic mass is 10.0. The first-order chi connectivity index (χ1) is 4.47. The Morgan fingerprint density at radius 3 is 2.89 bits per heavy atom. The summed E-state index contributed by atoms with van der Waals surface area (Å²) in [6.45, 7) is 2.18. The quantitative estimate of drug-likeness (QED) is 0.556. The molecular formula is C6H9N3. The lowest BCUT2D eigenvalue weighted by Crippen LogP contribution is -2.40. The Morgan fingerprint density at radius 1 is 1.56 bits per heavy atom. The van der Waals surface area contributed by atoms with E-state index in [0.717, 1.165) is 13.1 Å². The average molecular weight is 123 g/mol. The van der Waals surface area contributed by atoms with Crippen LogP contribution in [0.1, 0.15) is 11.6 Å². The summed E-state index contributed by atoms with van der Waals surface area (Å²) in [5, 5.41) is 10.1. The minimum atomic E-state index is 0.663. The summed E-state index contributed by atoms with van der Waals surface area (Å²) in [5.41, 5.74) is 1.19. The highest BCUT2D eigenvalue weighted by atomic mass is 15.1. The van der Waals surface area contributed by atoms with E-state index < -0.39 is 0 Å². The fraction of sp³-hybridized carbons (Fsp3) is 0.500. The highest BCUT2D eigenvalue weighted by molar-refractivity contribution is 5.10. The van der Waals surface area contributed by atoms with Gasteiger partial charge in [-0.2, -0.15) is 5.10 Å². The number of hydrogen-bond acceptors (Lipinski definition) is 2. The Bertz CT molecular complexity index is 176. The van der Waals surface area contributed by atoms with E-state index in [2.05, 4.69) is 15.5 Å². The number of nitrogens with zero attached hydrogens (tertiary/aromatic N) is 1. The number of H-pyrrole nitrogens is 1. The molecular weight excluding hydrogens is 114 g/mol. The van der Waals surface area contributed by atoms with Gasteiger partial charge in [-0.15, -0.1) is 0 Å². The van der Waals surface area contributed by atoms with Crippen molar-refractivity contribution in [2.75, 3.05) is 13.1 Å². The van der Waals surface area contributed by atoms with Crippen LogP contribution in [0.4, 0.5) is 0 Å². The second-order valence-electron chi connectivity index (χ2n) is 2.35. The third-order valence-electron chi connectivity index (χ3n) is 1.72. The fourth-order valence-corrected chi connectivity index (χ4v) is 0.997. The van der Waals surface area contributed by atoms with Crippen LogP contribution in [0.2, 0.25) is 0 Å². The van der Waals surface area contributed by atoms with E-state index in [0.29, 0.717) is 5.92 Å². The van der Waals surface area contributed by atoms with Crippen LogP contribution < -0.4 is 5.32 Å². The summed E-state index contributed by atoms with van der Waals surface area (Å²) in [6.07, 6.45) is 1.87. The van der Waals surface area contributed by atoms with Gasteiger partial charge in [-0.1, -0.05) is 0 Å². The van der Waals surface area contributed by atoms with Crippen molar-refractivity contribution in [2.45, 2.75) is 5.92 Å². The second-order valence-corrected chi connectivity index (χ2v) is 2.35. The van der Waals surface area contributed by atoms with Crippen LogP contribution in [0.3, 0.4) is 0 Å². The predicted molar refractivity (Wildman–Crippen MR) is 34.2 cm³/mol. The first-order valence-electron chi connectivity index (χ1n) is 3.17. The summed E-state index contributed by atoms with van der Waals surface area (Å²) in [6, 6.07) is 2.03. The van der Waals surface area contributed by atoms with Crippen molar-refractivity contribution in [1.29, 1.82) is 0 Å². The second kappa shape index (κ2) is 1.84. The third-order valence-corrected chi connectivity index (χ3v) is 1.72. The Kier molecular flexibility index (Phi) is 1.02. The number of rotatable bonds is 1. The normalized spacial score (nSPS) is 19.6. The van der Waals surface area contributed by atoms with Crippen LogP contribution in [0.15, 0.2) is 12.3 Å². The molecule has 2 heterocycles. The van der Waals surface area contributed by atoms with E-state index >= 15 is 0 Å². The highest BCUT2D eigenvalue weighted by Gasteiger charge is 2.19. The van der Waals surface area contributed by atoms with Gasteiger partial charge in [0.2, 0.25) is 0 Å². The first-order valence-corrected chi connectivity index (χ1v) is 3.17. The number of aromatic amines is 1. The van der Waals surface area contributed by atoms with E-state index in [4.69, 9.17) is 0 Å². The van der Waals surface area contributed by atoms with Gasteiger partial charge in [0.05, 0.1) is 5.69 Å². The van der Waals surface area contributed by atoms with Gasteiger partial charge in [0.25, 0.3) is 0 Å². The zero-order valence-electron chi connectivity index (χ0n) is 5.09. The molecule has 0 saturated carbocycles. The van der Waals surface area contributed by atoms with Crippen LogP contribution >= 0.6 is 0 Å². The summed E-state index contributed by atoms with van der Waals surface area (Å²) in [4.78, 5) is 0. The molecule has 1 aromatic heterocycles. The molecule has 1 aliphatic rings. The molecule has 3 heteroatoms. The molecule has 48 valence electrons. The Morgan fingerprint density at radius 2 is 2.44 bits per heavy atom. The van der Waals surface area contributed by atoms with E-state index in [1.165, 1.54) is 5.69 Å². The zero-order chi connectivity index (χ0) is 6.10. The number of nitrogens with one attached hydrogen (secondary N) is 2. The SMILES string of the molecule is c1cc(C2CNC2)n[nH]1. The van der Waals surface area contributed by atoms with E-state index in [9.17, 15) is 0 Å². The van der Waals surface area contributed by atoms with Crippen molar-refractivity contribution in [3.05, 3.63) is 18.0 Å². The molecule has 1 aromatic rings. The molecule has 1 aliphatic heterocycles. The molecule has 9 heavy (non-hydrogen) atoms. The van der Waals surface area contributed by atoms with Crippen molar-refractivity contribution in [3.8, 4) is 0 Å². The molecule has 0 radical (unpaired) electrons. The predicted octanol–water partition coefficient (Wildman–Crippen LogP) is 0.0965. The van der Waals surface area contributed by atoms with Gasteiger partial charge in [-0.25, -0.2) is 0 Å². The minimum absolute atomic E-state index is 0.663. The van der Waals surface area contributed by atoms with E-state index in [1.807, 2.05) is 12.3 Å². The monoisotopic (exact) mass is 123 g/mol. The maximum absolute atomic E-state index is 4.07. The van der Waals surface area contributed by atoms with Crippen LogP contribution in [-0.4, -0.2) is 23.3 Å². The average Bonchev–Trinajstić information content (AvgIpc) is 2.11. The van der Waals surface area contributed by atoms with Gasteiger partial charge >= 0.3 is 0 Å². The summed E-state index contributed by atoms with van der Waals surface area (Å²) in [7, 11) is 0. The molecule has 0 bridgehead atoms. The van der Waals surface area contributed by atoms with Crippen molar-refractivity contribution in [1.82, 2.24) is 15.5 Å². The summed E-state index contributed by atoms with van der Waals surface area (Å²) < 4.78 is 0. The molecule has 0 amide bonds. The van der Waals surface area contributed by atoms with Crippen molar-refractivity contribution >= 4 is 0 Å². The minimum Gasteiger partial charge on any atom is -0.315 e. The summed E-state index contributed by atoms with van der Waals surface area (Å²) >= 11 is 0. The lowest BCUT2D eigenvalue weighted by Gasteiger charge is -2.24. The Hall–Kier alpha value is -0.830. The van der Waals surface area contributed by atoms with Gasteiger partial charge in [0.15, 0.2) is 0 Å². The maximum Gasteiger partial charge on any atom is 0.0678 e. The van der Waals surface area contributed by atoms with Crippen LogP contribution in [0.25, 0.3) is 0 Å². The number of aromatic nitrogens is 2. The highest BCUT2D eigenvalue weighted by Crippen LogP contribution is 2.15. The van der Waals surface area contributed by atoms with E-state index in [1.54, 1.807) is 0 Å². The molecule has 0 aromatic carbocycles. The van der Waals surface area contributed by atoms with Crippen LogP contribution in [0.5, 0.6) is 0 Å². The largest absolute Gasteiger partial charge is 0.315 e. The van der Waals surface area contributed by atoms with Gasteiger partial charge in [0.1, 0.15) is 0 Å². The molecule has 0 unspecified atom stereocenters. The topological polar surface area (TPSA) is 40.7 Å². The Labute approximate surface area is 53.5 Å². The smallest absolute Gasteiger partial charge is 0.0678 e. The Balaban J connectivity index is 2.14. The van der Waals surface area contributed by atoms with Crippen molar-refractivity contribution in [3.63, 3.8) is 0 Å². The third kappa shape index (κ3) is 0.733. The first kappa shape index (κ1) is 4.99. The molecule has 3 nitrogen and oxygen atoms in total. The molecule has 0 aliphatic carbocycles. The fourth-order valence-electron chi connectivity index (χ4n) is 0.997. The van der Waals surface area contributed by atoms with Gasteiger partial charge in [-0.05, 0) is 6.07 Å². The van der Waals surface area contributed by atoms with Gasteiger partial charge < -0.3 is 5.32 Å². The molecule has 0 spiro atoms. The summed E-state index contributed by atoms with van der Waals surface area (Å²) in [5.74, 6) is 0.663. The van der Waals surface area contributed by atoms with Crippen LogP contribution in [-0.2, 0) is 0 Å². The molecule has 2 rings (SSSR count). The van der Waals surface area contributed by atoms with Gasteiger partial charge in [-0.3, -0.25) is 5.10 Å². The standard InChI is InChI=1S/C6H9N3/c1-2-8-9-6(1)5-3-7-4-5/h1-2,5,7H,3-4H2,(H,8,9). The molecule has 0 atom stereocenters. The van der Waals surface area contributed by atoms with Crippen LogP contribution in [0, 0.1) is 0 Å². The maximum atomic E-state index is 4.07. The van der Waals surface area contributed by atoms with Gasteiger partial charge in [0, 0.05) is 25.2 Å².